The van der Waals surface area contributed by atoms with Gasteiger partial charge in [-0.3, -0.25) is 4.79 Å². The first-order valence-corrected chi connectivity index (χ1v) is 8.85. The molecule has 2 heterocycles. The van der Waals surface area contributed by atoms with Crippen molar-refractivity contribution in [3.8, 4) is 0 Å². The fourth-order valence-electron chi connectivity index (χ4n) is 3.00. The van der Waals surface area contributed by atoms with E-state index in [-0.39, 0.29) is 11.3 Å². The minimum absolute atomic E-state index is 0.00543. The van der Waals surface area contributed by atoms with Gasteiger partial charge in [0.1, 0.15) is 5.69 Å². The van der Waals surface area contributed by atoms with Gasteiger partial charge in [-0.2, -0.15) is 0 Å². The van der Waals surface area contributed by atoms with E-state index >= 15 is 0 Å². The fraction of sp³-hybridized carbons (Fsp3) is 0.450. The van der Waals surface area contributed by atoms with E-state index < -0.39 is 0 Å². The van der Waals surface area contributed by atoms with Crippen LogP contribution in [0.1, 0.15) is 55.4 Å². The van der Waals surface area contributed by atoms with E-state index in [1.807, 2.05) is 24.0 Å². The number of nitrogens with zero attached hydrogens (tertiary/aromatic N) is 3. The number of nitrogens with one attached hydrogen (secondary N) is 1. The predicted octanol–water partition coefficient (Wildman–Crippen LogP) is 4.06. The van der Waals surface area contributed by atoms with E-state index in [1.54, 1.807) is 6.07 Å². The number of carbonyl (C=O) groups is 1. The van der Waals surface area contributed by atoms with Gasteiger partial charge in [0.2, 0.25) is 5.95 Å². The van der Waals surface area contributed by atoms with Crippen molar-refractivity contribution in [3.63, 3.8) is 0 Å². The molecule has 0 radical (unpaired) electrons. The number of rotatable bonds is 3. The standard InChI is InChI=1S/C20H26N4O/c1-14-13-17(18(25)24-11-5-6-12-24)23-19(21-14)22-16-9-7-15(8-10-16)20(2,3)4/h7-10,13H,5-6,11-12H2,1-4H3,(H,21,22,23). The largest absolute Gasteiger partial charge is 0.337 e. The number of hydrogen-bond acceptors (Lipinski definition) is 4. The second kappa shape index (κ2) is 6.82. The highest BCUT2D eigenvalue weighted by Crippen LogP contribution is 2.24. The molecule has 5 heteroatoms. The molecule has 5 nitrogen and oxygen atoms in total. The van der Waals surface area contributed by atoms with Crippen molar-refractivity contribution < 1.29 is 4.79 Å². The van der Waals surface area contributed by atoms with Crippen LogP contribution in [-0.4, -0.2) is 33.9 Å². The van der Waals surface area contributed by atoms with Crippen LogP contribution < -0.4 is 5.32 Å². The Hall–Kier alpha value is -2.43. The number of hydrogen-bond donors (Lipinski definition) is 1. The fourth-order valence-corrected chi connectivity index (χ4v) is 3.00. The summed E-state index contributed by atoms with van der Waals surface area (Å²) in [7, 11) is 0. The summed E-state index contributed by atoms with van der Waals surface area (Å²) in [5.74, 6) is 0.459. The lowest BCUT2D eigenvalue weighted by atomic mass is 9.87. The highest BCUT2D eigenvalue weighted by atomic mass is 16.2. The van der Waals surface area contributed by atoms with Crippen LogP contribution in [0.4, 0.5) is 11.6 Å². The maximum Gasteiger partial charge on any atom is 0.272 e. The number of carbonyl (C=O) groups excluding carboxylic acids is 1. The molecule has 132 valence electrons. The number of aryl methyl sites for hydroxylation is 1. The second-order valence-electron chi connectivity index (χ2n) is 7.67. The second-order valence-corrected chi connectivity index (χ2v) is 7.67. The molecule has 3 rings (SSSR count). The van der Waals surface area contributed by atoms with Gasteiger partial charge in [-0.25, -0.2) is 9.97 Å². The Kier molecular flexibility index (Phi) is 4.75. The summed E-state index contributed by atoms with van der Waals surface area (Å²) in [4.78, 5) is 23.3. The third-order valence-corrected chi connectivity index (χ3v) is 4.47. The zero-order chi connectivity index (χ0) is 18.0. The number of amides is 1. The Morgan fingerprint density at radius 2 is 1.72 bits per heavy atom. The van der Waals surface area contributed by atoms with Crippen molar-refractivity contribution in [2.45, 2.75) is 46.0 Å². The van der Waals surface area contributed by atoms with Crippen molar-refractivity contribution in [2.24, 2.45) is 0 Å². The Bertz CT molecular complexity index is 756. The Labute approximate surface area is 149 Å². The molecule has 1 aliphatic heterocycles. The first-order valence-electron chi connectivity index (χ1n) is 8.85. The highest BCUT2D eigenvalue weighted by Gasteiger charge is 2.21. The molecule has 1 aromatic heterocycles. The molecule has 0 bridgehead atoms. The summed E-state index contributed by atoms with van der Waals surface area (Å²) >= 11 is 0. The minimum Gasteiger partial charge on any atom is -0.337 e. The molecule has 0 aliphatic carbocycles. The van der Waals surface area contributed by atoms with E-state index in [1.165, 1.54) is 5.56 Å². The molecular formula is C20H26N4O. The molecule has 1 fully saturated rings. The monoisotopic (exact) mass is 338 g/mol. The SMILES string of the molecule is Cc1cc(C(=O)N2CCCC2)nc(Nc2ccc(C(C)(C)C)cc2)n1. The van der Waals surface area contributed by atoms with E-state index in [4.69, 9.17) is 0 Å². The van der Waals surface area contributed by atoms with E-state index in [2.05, 4.69) is 48.2 Å². The van der Waals surface area contributed by atoms with Gasteiger partial charge in [-0.1, -0.05) is 32.9 Å². The Morgan fingerprint density at radius 3 is 2.32 bits per heavy atom. The lowest BCUT2D eigenvalue weighted by molar-refractivity contribution is 0.0787. The molecule has 1 aliphatic rings. The van der Waals surface area contributed by atoms with Crippen LogP contribution >= 0.6 is 0 Å². The summed E-state index contributed by atoms with van der Waals surface area (Å²) in [6.07, 6.45) is 2.14. The number of aromatic nitrogens is 2. The average Bonchev–Trinajstić information content (AvgIpc) is 3.07. The van der Waals surface area contributed by atoms with Crippen LogP contribution in [0.5, 0.6) is 0 Å². The molecule has 25 heavy (non-hydrogen) atoms. The van der Waals surface area contributed by atoms with Crippen LogP contribution in [0.2, 0.25) is 0 Å². The van der Waals surface area contributed by atoms with Crippen molar-refractivity contribution in [2.75, 3.05) is 18.4 Å². The number of likely N-dealkylation sites (tertiary alicyclic amines) is 1. The maximum absolute atomic E-state index is 12.6. The van der Waals surface area contributed by atoms with Gasteiger partial charge < -0.3 is 10.2 Å². The lowest BCUT2D eigenvalue weighted by Gasteiger charge is -2.19. The van der Waals surface area contributed by atoms with Gasteiger partial charge in [0.05, 0.1) is 0 Å². The normalized spacial score (nSPS) is 14.6. The molecule has 1 saturated heterocycles. The predicted molar refractivity (Wildman–Crippen MR) is 100 cm³/mol. The number of anilines is 2. The van der Waals surface area contributed by atoms with Crippen LogP contribution in [0.3, 0.4) is 0 Å². The van der Waals surface area contributed by atoms with Crippen molar-refractivity contribution in [3.05, 3.63) is 47.3 Å². The molecular weight excluding hydrogens is 312 g/mol. The van der Waals surface area contributed by atoms with Crippen molar-refractivity contribution >= 4 is 17.5 Å². The van der Waals surface area contributed by atoms with Gasteiger partial charge in [0, 0.05) is 24.5 Å². The molecule has 0 saturated carbocycles. The lowest BCUT2D eigenvalue weighted by Crippen LogP contribution is -2.28. The minimum atomic E-state index is -0.00543. The molecule has 0 spiro atoms. The molecule has 2 aromatic rings. The third kappa shape index (κ3) is 4.16. The maximum atomic E-state index is 12.6. The van der Waals surface area contributed by atoms with E-state index in [9.17, 15) is 4.79 Å². The van der Waals surface area contributed by atoms with Gasteiger partial charge >= 0.3 is 0 Å². The Balaban J connectivity index is 1.79. The van der Waals surface area contributed by atoms with Crippen molar-refractivity contribution in [1.29, 1.82) is 0 Å². The zero-order valence-electron chi connectivity index (χ0n) is 15.5. The van der Waals surface area contributed by atoms with E-state index in [0.29, 0.717) is 11.6 Å². The van der Waals surface area contributed by atoms with Crippen LogP contribution in [-0.2, 0) is 5.41 Å². The highest BCUT2D eigenvalue weighted by molar-refractivity contribution is 5.92. The van der Waals surface area contributed by atoms with Crippen LogP contribution in [0.25, 0.3) is 0 Å². The first-order chi connectivity index (χ1) is 11.8. The van der Waals surface area contributed by atoms with Gasteiger partial charge in [0.15, 0.2) is 0 Å². The summed E-state index contributed by atoms with van der Waals surface area (Å²) < 4.78 is 0. The summed E-state index contributed by atoms with van der Waals surface area (Å²) in [5.41, 5.74) is 3.55. The molecule has 1 N–H and O–H groups in total. The first kappa shape index (κ1) is 17.4. The third-order valence-electron chi connectivity index (χ3n) is 4.47. The van der Waals surface area contributed by atoms with E-state index in [0.717, 1.165) is 37.3 Å². The zero-order valence-corrected chi connectivity index (χ0v) is 15.5. The van der Waals surface area contributed by atoms with Gasteiger partial charge in [0.25, 0.3) is 5.91 Å². The Morgan fingerprint density at radius 1 is 1.08 bits per heavy atom. The summed E-state index contributed by atoms with van der Waals surface area (Å²) in [6, 6.07) is 10.0. The quantitative estimate of drug-likeness (QED) is 0.917. The molecule has 1 amide bonds. The van der Waals surface area contributed by atoms with Crippen molar-refractivity contribution in [1.82, 2.24) is 14.9 Å². The van der Waals surface area contributed by atoms with Crippen LogP contribution in [0, 0.1) is 6.92 Å². The molecule has 0 unspecified atom stereocenters. The van der Waals surface area contributed by atoms with Gasteiger partial charge in [-0.15, -0.1) is 0 Å². The molecule has 0 atom stereocenters. The summed E-state index contributed by atoms with van der Waals surface area (Å²) in [6.45, 7) is 10.1. The number of benzene rings is 1. The van der Waals surface area contributed by atoms with Crippen LogP contribution in [0.15, 0.2) is 30.3 Å². The summed E-state index contributed by atoms with van der Waals surface area (Å²) in [5, 5.41) is 3.22. The smallest absolute Gasteiger partial charge is 0.272 e. The van der Waals surface area contributed by atoms with Gasteiger partial charge in [-0.05, 0) is 48.9 Å². The molecule has 1 aromatic carbocycles. The topological polar surface area (TPSA) is 58.1 Å². The average molecular weight is 338 g/mol.